The van der Waals surface area contributed by atoms with Crippen LogP contribution in [0.3, 0.4) is 0 Å². The molecule has 0 amide bonds. The van der Waals surface area contributed by atoms with Gasteiger partial charge in [0.2, 0.25) is 0 Å². The maximum absolute atomic E-state index is 5.34. The fourth-order valence-corrected chi connectivity index (χ4v) is 2.44. The first-order valence-electron chi connectivity index (χ1n) is 5.12. The fraction of sp³-hybridized carbons (Fsp3) is 1.00. The van der Waals surface area contributed by atoms with Crippen LogP contribution in [0.2, 0.25) is 0 Å². The van der Waals surface area contributed by atoms with E-state index in [2.05, 4.69) is 27.7 Å². The van der Waals surface area contributed by atoms with Crippen molar-refractivity contribution in [1.82, 2.24) is 0 Å². The molecule has 1 fully saturated rings. The molecule has 12 heavy (non-hydrogen) atoms. The summed E-state index contributed by atoms with van der Waals surface area (Å²) in [6.07, 6.45) is 2.68. The Labute approximate surface area is 76.5 Å². The number of hydrogen-bond acceptors (Lipinski definition) is 1. The van der Waals surface area contributed by atoms with Gasteiger partial charge < -0.3 is 4.74 Å². The summed E-state index contributed by atoms with van der Waals surface area (Å²) in [6.45, 7) is 11.2. The van der Waals surface area contributed by atoms with Crippen LogP contribution in [0.4, 0.5) is 0 Å². The quantitative estimate of drug-likeness (QED) is 0.630. The second-order valence-corrected chi connectivity index (χ2v) is 5.19. The van der Waals surface area contributed by atoms with Gasteiger partial charge in [0.25, 0.3) is 0 Å². The van der Waals surface area contributed by atoms with Gasteiger partial charge in [-0.25, -0.2) is 0 Å². The lowest BCUT2D eigenvalue weighted by atomic mass is 9.73. The van der Waals surface area contributed by atoms with Crippen molar-refractivity contribution >= 4 is 0 Å². The molecule has 0 aromatic rings. The molecule has 0 bridgehead atoms. The summed E-state index contributed by atoms with van der Waals surface area (Å²) in [5.41, 5.74) is 0.544. The lowest BCUT2D eigenvalue weighted by Gasteiger charge is -2.44. The van der Waals surface area contributed by atoms with Crippen LogP contribution in [0.15, 0.2) is 0 Å². The molecule has 0 aromatic heterocycles. The van der Waals surface area contributed by atoms with Crippen LogP contribution in [-0.2, 0) is 4.74 Å². The van der Waals surface area contributed by atoms with E-state index in [9.17, 15) is 0 Å². The standard InChI is InChI=1S/C11H22O/c1-9(2)5-11(6-10(3)4)7-12-8-11/h9-10H,5-8H2,1-4H3. The molecule has 1 aliphatic heterocycles. The van der Waals surface area contributed by atoms with E-state index in [0.29, 0.717) is 5.41 Å². The molecule has 0 spiro atoms. The van der Waals surface area contributed by atoms with Gasteiger partial charge in [0.15, 0.2) is 0 Å². The van der Waals surface area contributed by atoms with Gasteiger partial charge in [-0.2, -0.15) is 0 Å². The lowest BCUT2D eigenvalue weighted by Crippen LogP contribution is -2.44. The molecule has 72 valence electrons. The highest BCUT2D eigenvalue weighted by molar-refractivity contribution is 4.87. The second-order valence-electron chi connectivity index (χ2n) is 5.19. The molecule has 0 N–H and O–H groups in total. The molecule has 0 radical (unpaired) electrons. The molecular weight excluding hydrogens is 148 g/mol. The Morgan fingerprint density at radius 3 is 1.58 bits per heavy atom. The Hall–Kier alpha value is -0.0400. The summed E-state index contributed by atoms with van der Waals surface area (Å²) in [4.78, 5) is 0. The van der Waals surface area contributed by atoms with Crippen molar-refractivity contribution in [2.24, 2.45) is 17.3 Å². The van der Waals surface area contributed by atoms with Gasteiger partial charge >= 0.3 is 0 Å². The molecule has 1 heterocycles. The second kappa shape index (κ2) is 3.78. The number of ether oxygens (including phenoxy) is 1. The molecule has 1 nitrogen and oxygen atoms in total. The third-order valence-corrected chi connectivity index (χ3v) is 2.50. The topological polar surface area (TPSA) is 9.23 Å². The first kappa shape index (κ1) is 10.0. The molecule has 1 aliphatic rings. The summed E-state index contributed by atoms with van der Waals surface area (Å²) in [5, 5.41) is 0. The van der Waals surface area contributed by atoms with E-state index in [0.717, 1.165) is 25.0 Å². The highest BCUT2D eigenvalue weighted by atomic mass is 16.5. The summed E-state index contributed by atoms with van der Waals surface area (Å²) >= 11 is 0. The normalized spacial score (nSPS) is 21.5. The van der Waals surface area contributed by atoms with Crippen LogP contribution >= 0.6 is 0 Å². The molecule has 0 atom stereocenters. The van der Waals surface area contributed by atoms with Crippen molar-refractivity contribution < 1.29 is 4.74 Å². The van der Waals surface area contributed by atoms with Gasteiger partial charge in [-0.3, -0.25) is 0 Å². The van der Waals surface area contributed by atoms with E-state index < -0.39 is 0 Å². The summed E-state index contributed by atoms with van der Waals surface area (Å²) in [5.74, 6) is 1.63. The minimum atomic E-state index is 0.544. The molecule has 0 saturated carbocycles. The first-order chi connectivity index (χ1) is 5.54. The smallest absolute Gasteiger partial charge is 0.0544 e. The van der Waals surface area contributed by atoms with E-state index in [1.54, 1.807) is 0 Å². The minimum Gasteiger partial charge on any atom is -0.380 e. The van der Waals surface area contributed by atoms with Crippen LogP contribution in [0, 0.1) is 17.3 Å². The summed E-state index contributed by atoms with van der Waals surface area (Å²) in [7, 11) is 0. The predicted molar refractivity (Wildman–Crippen MR) is 52.2 cm³/mol. The van der Waals surface area contributed by atoms with Crippen molar-refractivity contribution in [3.05, 3.63) is 0 Å². The maximum atomic E-state index is 5.34. The summed E-state index contributed by atoms with van der Waals surface area (Å²) in [6, 6.07) is 0. The largest absolute Gasteiger partial charge is 0.380 e. The number of rotatable bonds is 4. The van der Waals surface area contributed by atoms with E-state index in [4.69, 9.17) is 4.74 Å². The van der Waals surface area contributed by atoms with E-state index in [-0.39, 0.29) is 0 Å². The predicted octanol–water partition coefficient (Wildman–Crippen LogP) is 3.10. The average molecular weight is 170 g/mol. The van der Waals surface area contributed by atoms with Crippen LogP contribution in [0.5, 0.6) is 0 Å². The highest BCUT2D eigenvalue weighted by Crippen LogP contribution is 2.40. The van der Waals surface area contributed by atoms with Gasteiger partial charge in [0, 0.05) is 5.41 Å². The van der Waals surface area contributed by atoms with Gasteiger partial charge in [-0.05, 0) is 24.7 Å². The molecule has 0 aliphatic carbocycles. The zero-order chi connectivity index (χ0) is 9.19. The third kappa shape index (κ3) is 2.48. The van der Waals surface area contributed by atoms with Crippen molar-refractivity contribution in [2.75, 3.05) is 13.2 Å². The molecular formula is C11H22O. The zero-order valence-electron chi connectivity index (χ0n) is 8.89. The zero-order valence-corrected chi connectivity index (χ0v) is 8.89. The Balaban J connectivity index is 2.39. The Morgan fingerprint density at radius 1 is 1.00 bits per heavy atom. The van der Waals surface area contributed by atoms with E-state index in [1.807, 2.05) is 0 Å². The lowest BCUT2D eigenvalue weighted by molar-refractivity contribution is -0.132. The SMILES string of the molecule is CC(C)CC1(CC(C)C)COC1. The van der Waals surface area contributed by atoms with Crippen molar-refractivity contribution in [2.45, 2.75) is 40.5 Å². The Morgan fingerprint density at radius 2 is 1.42 bits per heavy atom. The molecule has 0 unspecified atom stereocenters. The van der Waals surface area contributed by atoms with Crippen LogP contribution in [0.25, 0.3) is 0 Å². The van der Waals surface area contributed by atoms with Crippen LogP contribution in [-0.4, -0.2) is 13.2 Å². The third-order valence-electron chi connectivity index (χ3n) is 2.50. The Bertz CT molecular complexity index is 122. The van der Waals surface area contributed by atoms with Crippen molar-refractivity contribution in [3.8, 4) is 0 Å². The minimum absolute atomic E-state index is 0.544. The molecule has 1 rings (SSSR count). The molecule has 0 aromatic carbocycles. The molecule has 1 saturated heterocycles. The van der Waals surface area contributed by atoms with Gasteiger partial charge in [-0.15, -0.1) is 0 Å². The monoisotopic (exact) mass is 170 g/mol. The van der Waals surface area contributed by atoms with Gasteiger partial charge in [0.05, 0.1) is 13.2 Å². The first-order valence-corrected chi connectivity index (χ1v) is 5.12. The summed E-state index contributed by atoms with van der Waals surface area (Å²) < 4.78 is 5.34. The molecule has 1 heteroatoms. The maximum Gasteiger partial charge on any atom is 0.0544 e. The highest BCUT2D eigenvalue weighted by Gasteiger charge is 2.38. The Kier molecular flexibility index (Phi) is 3.16. The van der Waals surface area contributed by atoms with Crippen LogP contribution < -0.4 is 0 Å². The van der Waals surface area contributed by atoms with Crippen LogP contribution in [0.1, 0.15) is 40.5 Å². The van der Waals surface area contributed by atoms with Crippen molar-refractivity contribution in [1.29, 1.82) is 0 Å². The van der Waals surface area contributed by atoms with Gasteiger partial charge in [-0.1, -0.05) is 27.7 Å². The number of hydrogen-bond donors (Lipinski definition) is 0. The van der Waals surface area contributed by atoms with Crippen molar-refractivity contribution in [3.63, 3.8) is 0 Å². The fourth-order valence-electron chi connectivity index (χ4n) is 2.44. The van der Waals surface area contributed by atoms with E-state index in [1.165, 1.54) is 12.8 Å². The average Bonchev–Trinajstić information content (AvgIpc) is 1.80. The van der Waals surface area contributed by atoms with E-state index >= 15 is 0 Å². The van der Waals surface area contributed by atoms with Gasteiger partial charge in [0.1, 0.15) is 0 Å².